The molecule has 0 radical (unpaired) electrons. The third kappa shape index (κ3) is 5.60. The fourth-order valence-electron chi connectivity index (χ4n) is 14.8. The lowest BCUT2D eigenvalue weighted by atomic mass is 9.32. The van der Waals surface area contributed by atoms with Crippen molar-refractivity contribution in [2.75, 3.05) is 0 Å². The van der Waals surface area contributed by atoms with E-state index in [9.17, 15) is 10.2 Å². The van der Waals surface area contributed by atoms with E-state index < -0.39 is 12.2 Å². The zero-order chi connectivity index (χ0) is 32.7. The minimum absolute atomic E-state index is 0.0201. The van der Waals surface area contributed by atoms with Crippen LogP contribution in [-0.4, -0.2) is 22.4 Å². The van der Waals surface area contributed by atoms with Crippen LogP contribution in [-0.2, 0) is 0 Å². The van der Waals surface area contributed by atoms with E-state index in [-0.39, 0.29) is 16.7 Å². The third-order valence-corrected chi connectivity index (χ3v) is 17.1. The Labute approximate surface area is 274 Å². The van der Waals surface area contributed by atoms with Gasteiger partial charge in [0.1, 0.15) is 0 Å². The van der Waals surface area contributed by atoms with Gasteiger partial charge in [0.05, 0.1) is 12.2 Å². The molecule has 5 aliphatic carbocycles. The molecule has 0 aliphatic heterocycles. The highest BCUT2D eigenvalue weighted by atomic mass is 16.3. The van der Waals surface area contributed by atoms with Crippen LogP contribution >= 0.6 is 0 Å². The highest BCUT2D eigenvalue weighted by Crippen LogP contribution is 2.74. The number of aliphatic hydroxyl groups is 2. The lowest BCUT2D eigenvalue weighted by molar-refractivity contribution is -0.271. The van der Waals surface area contributed by atoms with Crippen molar-refractivity contribution in [2.24, 2.45) is 98.6 Å². The van der Waals surface area contributed by atoms with Crippen molar-refractivity contribution in [1.82, 2.24) is 0 Å². The first-order valence-electron chi connectivity index (χ1n) is 19.6. The van der Waals surface area contributed by atoms with Gasteiger partial charge in [-0.2, -0.15) is 0 Å². The SMILES string of the molecule is CC(C)C1CC(CCC2CCC(C(C)(C)C)CC2)C(C)C2C(C)C3C(C)C4(C)C(O)C(C(C)O)C(C)C[C@]4(C)C[C@]3(C)CC12. The summed E-state index contributed by atoms with van der Waals surface area (Å²) in [6.45, 7) is 32.2. The van der Waals surface area contributed by atoms with Gasteiger partial charge in [-0.3, -0.25) is 0 Å². The summed E-state index contributed by atoms with van der Waals surface area (Å²) in [6, 6.07) is 0. The summed E-state index contributed by atoms with van der Waals surface area (Å²) in [7, 11) is 0. The minimum atomic E-state index is -0.454. The number of hydrogen-bond acceptors (Lipinski definition) is 2. The van der Waals surface area contributed by atoms with Crippen molar-refractivity contribution in [1.29, 1.82) is 0 Å². The Morgan fingerprint density at radius 3 is 2.00 bits per heavy atom. The summed E-state index contributed by atoms with van der Waals surface area (Å²) in [6.07, 6.45) is 13.1. The Hall–Kier alpha value is -0.0800. The molecule has 15 atom stereocenters. The molecule has 0 amide bonds. The highest BCUT2D eigenvalue weighted by molar-refractivity contribution is 5.18. The second kappa shape index (κ2) is 12.1. The van der Waals surface area contributed by atoms with Crippen LogP contribution in [0.25, 0.3) is 0 Å². The molecule has 5 saturated carbocycles. The van der Waals surface area contributed by atoms with Crippen LogP contribution in [0.1, 0.15) is 154 Å². The lowest BCUT2D eigenvalue weighted by Gasteiger charge is -2.72. The highest BCUT2D eigenvalue weighted by Gasteiger charge is 2.70. The van der Waals surface area contributed by atoms with Crippen molar-refractivity contribution in [3.63, 3.8) is 0 Å². The van der Waals surface area contributed by atoms with E-state index in [1.54, 1.807) is 0 Å². The van der Waals surface area contributed by atoms with Gasteiger partial charge >= 0.3 is 0 Å². The molecule has 0 bridgehead atoms. The second-order valence-corrected chi connectivity index (χ2v) is 20.7. The fraction of sp³-hybridized carbons (Fsp3) is 1.00. The van der Waals surface area contributed by atoms with Gasteiger partial charge in [0, 0.05) is 11.3 Å². The first-order valence-corrected chi connectivity index (χ1v) is 19.6. The molecular formula is C42H76O2. The fourth-order valence-corrected chi connectivity index (χ4v) is 14.8. The zero-order valence-electron chi connectivity index (χ0n) is 31.6. The molecule has 13 unspecified atom stereocenters. The molecule has 0 spiro atoms. The van der Waals surface area contributed by atoms with Crippen LogP contribution in [0, 0.1) is 98.6 Å². The molecule has 5 rings (SSSR count). The quantitative estimate of drug-likeness (QED) is 0.324. The molecule has 0 aromatic carbocycles. The van der Waals surface area contributed by atoms with Gasteiger partial charge in [0.15, 0.2) is 0 Å². The van der Waals surface area contributed by atoms with Gasteiger partial charge in [-0.15, -0.1) is 0 Å². The standard InChI is InChI=1S/C42H76O2/c1-24(2)33-20-31(17-14-30-15-18-32(19-16-30)39(8,9)10)26(4)36-27(5)37-28(6)42(13)38(44)35(29(7)43)25(3)21-41(42,12)23-40(37,11)22-34(33)36/h24-38,43-44H,14-23H2,1-13H3/t25?,26?,27?,28?,29?,30?,31?,32?,33?,34?,35?,36?,37?,38?,40-,41+,42?/m0/s1. The van der Waals surface area contributed by atoms with Gasteiger partial charge in [-0.25, -0.2) is 0 Å². The van der Waals surface area contributed by atoms with E-state index in [1.807, 2.05) is 6.92 Å². The van der Waals surface area contributed by atoms with Gasteiger partial charge < -0.3 is 10.2 Å². The minimum Gasteiger partial charge on any atom is -0.393 e. The maximum atomic E-state index is 12.2. The average Bonchev–Trinajstić information content (AvgIpc) is 2.89. The van der Waals surface area contributed by atoms with E-state index in [0.717, 1.165) is 53.8 Å². The Kier molecular flexibility index (Phi) is 9.70. The summed E-state index contributed by atoms with van der Waals surface area (Å²) in [5.74, 6) is 8.92. The Morgan fingerprint density at radius 1 is 0.841 bits per heavy atom. The predicted octanol–water partition coefficient (Wildman–Crippen LogP) is 10.9. The van der Waals surface area contributed by atoms with E-state index in [1.165, 1.54) is 57.8 Å². The van der Waals surface area contributed by atoms with E-state index >= 15 is 0 Å². The first kappa shape index (κ1) is 35.2. The summed E-state index contributed by atoms with van der Waals surface area (Å²) < 4.78 is 0. The van der Waals surface area contributed by atoms with E-state index in [2.05, 4.69) is 83.1 Å². The molecule has 5 fully saturated rings. The summed E-state index contributed by atoms with van der Waals surface area (Å²) in [4.78, 5) is 0. The van der Waals surface area contributed by atoms with Crippen molar-refractivity contribution >= 4 is 0 Å². The van der Waals surface area contributed by atoms with Crippen molar-refractivity contribution < 1.29 is 10.2 Å². The topological polar surface area (TPSA) is 40.5 Å². The van der Waals surface area contributed by atoms with E-state index in [4.69, 9.17) is 0 Å². The zero-order valence-corrected chi connectivity index (χ0v) is 31.6. The molecule has 256 valence electrons. The Balaban J connectivity index is 1.39. The van der Waals surface area contributed by atoms with Crippen LogP contribution in [0.4, 0.5) is 0 Å². The number of aliphatic hydroxyl groups excluding tert-OH is 2. The molecule has 0 aromatic rings. The van der Waals surface area contributed by atoms with Gasteiger partial charge in [-0.05, 0) is 139 Å². The Bertz CT molecular complexity index is 986. The summed E-state index contributed by atoms with van der Waals surface area (Å²) in [5.41, 5.74) is 0.752. The van der Waals surface area contributed by atoms with Crippen LogP contribution in [0.2, 0.25) is 0 Å². The number of fused-ring (bicyclic) bond motifs is 3. The van der Waals surface area contributed by atoms with Gasteiger partial charge in [-0.1, -0.05) is 102 Å². The van der Waals surface area contributed by atoms with Crippen LogP contribution in [0.15, 0.2) is 0 Å². The van der Waals surface area contributed by atoms with Crippen LogP contribution in [0.5, 0.6) is 0 Å². The smallest absolute Gasteiger partial charge is 0.0656 e. The van der Waals surface area contributed by atoms with Crippen molar-refractivity contribution in [3.05, 3.63) is 0 Å². The predicted molar refractivity (Wildman–Crippen MR) is 187 cm³/mol. The van der Waals surface area contributed by atoms with Crippen LogP contribution in [0.3, 0.4) is 0 Å². The van der Waals surface area contributed by atoms with Crippen molar-refractivity contribution in [3.8, 4) is 0 Å². The molecule has 2 nitrogen and oxygen atoms in total. The normalized spacial score (nSPS) is 53.9. The Morgan fingerprint density at radius 2 is 1.45 bits per heavy atom. The average molecular weight is 613 g/mol. The molecule has 2 heteroatoms. The molecule has 0 saturated heterocycles. The maximum Gasteiger partial charge on any atom is 0.0656 e. The molecule has 2 N–H and O–H groups in total. The van der Waals surface area contributed by atoms with E-state index in [0.29, 0.717) is 34.5 Å². The summed E-state index contributed by atoms with van der Waals surface area (Å²) in [5, 5.41) is 23.1. The molecule has 0 aromatic heterocycles. The molecular weight excluding hydrogens is 536 g/mol. The molecule has 44 heavy (non-hydrogen) atoms. The maximum absolute atomic E-state index is 12.2. The second-order valence-electron chi connectivity index (χ2n) is 20.7. The molecule has 5 aliphatic rings. The third-order valence-electron chi connectivity index (χ3n) is 17.1. The lowest BCUT2D eigenvalue weighted by Crippen LogP contribution is -2.69. The number of rotatable bonds is 5. The van der Waals surface area contributed by atoms with Gasteiger partial charge in [0.25, 0.3) is 0 Å². The largest absolute Gasteiger partial charge is 0.393 e. The van der Waals surface area contributed by atoms with Crippen molar-refractivity contribution in [2.45, 2.75) is 166 Å². The monoisotopic (exact) mass is 613 g/mol. The molecule has 0 heterocycles. The first-order chi connectivity index (χ1) is 20.3. The van der Waals surface area contributed by atoms with Crippen LogP contribution < -0.4 is 0 Å². The summed E-state index contributed by atoms with van der Waals surface area (Å²) >= 11 is 0. The van der Waals surface area contributed by atoms with Gasteiger partial charge in [0.2, 0.25) is 0 Å². The number of hydrogen-bond donors (Lipinski definition) is 2.